The lowest BCUT2D eigenvalue weighted by molar-refractivity contribution is -0.138. The smallest absolute Gasteiger partial charge is 0.383 e. The van der Waals surface area contributed by atoms with Crippen LogP contribution in [0.4, 0.5) is 13.2 Å². The van der Waals surface area contributed by atoms with E-state index in [9.17, 15) is 18.0 Å². The van der Waals surface area contributed by atoms with Crippen LogP contribution in [-0.2, 0) is 10.9 Å². The monoisotopic (exact) mass is 261 g/mol. The lowest BCUT2D eigenvalue weighted by Crippen LogP contribution is -2.27. The number of ether oxygens (including phenoxy) is 1. The molecule has 0 heterocycles. The van der Waals surface area contributed by atoms with Crippen molar-refractivity contribution in [3.05, 3.63) is 34.9 Å². The van der Waals surface area contributed by atoms with Crippen LogP contribution in [0.1, 0.15) is 21.5 Å². The maximum atomic E-state index is 12.6. The molecule has 0 aliphatic carbocycles. The number of nitrogens with one attached hydrogen (secondary N) is 1. The predicted molar refractivity (Wildman–Crippen MR) is 60.4 cm³/mol. The summed E-state index contributed by atoms with van der Waals surface area (Å²) in [7, 11) is 1.47. The summed E-state index contributed by atoms with van der Waals surface area (Å²) < 4.78 is 42.7. The summed E-state index contributed by atoms with van der Waals surface area (Å²) in [6, 6.07) is 3.51. The molecule has 1 amide bonds. The summed E-state index contributed by atoms with van der Waals surface area (Å²) in [5, 5.41) is 2.47. The van der Waals surface area contributed by atoms with Crippen LogP contribution >= 0.6 is 0 Å². The lowest BCUT2D eigenvalue weighted by atomic mass is 10.0. The fourth-order valence-electron chi connectivity index (χ4n) is 1.44. The molecule has 6 heteroatoms. The maximum Gasteiger partial charge on any atom is 0.416 e. The second-order valence-electron chi connectivity index (χ2n) is 3.78. The van der Waals surface area contributed by atoms with Gasteiger partial charge in [-0.05, 0) is 24.6 Å². The quantitative estimate of drug-likeness (QED) is 0.845. The van der Waals surface area contributed by atoms with E-state index in [-0.39, 0.29) is 17.7 Å². The van der Waals surface area contributed by atoms with Crippen molar-refractivity contribution >= 4 is 5.91 Å². The minimum Gasteiger partial charge on any atom is -0.383 e. The van der Waals surface area contributed by atoms with Crippen LogP contribution in [0.3, 0.4) is 0 Å². The second-order valence-corrected chi connectivity index (χ2v) is 3.78. The van der Waals surface area contributed by atoms with Gasteiger partial charge in [-0.1, -0.05) is 6.07 Å². The van der Waals surface area contributed by atoms with Gasteiger partial charge in [-0.15, -0.1) is 0 Å². The van der Waals surface area contributed by atoms with Crippen molar-refractivity contribution in [2.24, 2.45) is 0 Å². The Morgan fingerprint density at radius 1 is 1.39 bits per heavy atom. The van der Waals surface area contributed by atoms with E-state index in [1.165, 1.54) is 26.2 Å². The number of carbonyl (C=O) groups is 1. The molecule has 0 aromatic heterocycles. The van der Waals surface area contributed by atoms with Gasteiger partial charge in [-0.3, -0.25) is 4.79 Å². The van der Waals surface area contributed by atoms with E-state index in [1.807, 2.05) is 0 Å². The molecule has 0 saturated carbocycles. The van der Waals surface area contributed by atoms with E-state index in [2.05, 4.69) is 5.32 Å². The van der Waals surface area contributed by atoms with Gasteiger partial charge < -0.3 is 10.1 Å². The highest BCUT2D eigenvalue weighted by Gasteiger charge is 2.32. The van der Waals surface area contributed by atoms with Crippen LogP contribution in [0.5, 0.6) is 0 Å². The summed E-state index contributed by atoms with van der Waals surface area (Å²) in [5.41, 5.74) is -0.707. The van der Waals surface area contributed by atoms with Gasteiger partial charge in [-0.25, -0.2) is 0 Å². The predicted octanol–water partition coefficient (Wildman–Crippen LogP) is 2.39. The molecule has 0 saturated heterocycles. The van der Waals surface area contributed by atoms with E-state index >= 15 is 0 Å². The van der Waals surface area contributed by atoms with Crippen LogP contribution in [0.2, 0.25) is 0 Å². The molecule has 100 valence electrons. The third-order valence-corrected chi connectivity index (χ3v) is 2.40. The molecule has 1 aromatic carbocycles. The normalized spacial score (nSPS) is 11.4. The summed E-state index contributed by atoms with van der Waals surface area (Å²) in [5.74, 6) is -0.544. The van der Waals surface area contributed by atoms with Gasteiger partial charge in [0.05, 0.1) is 12.2 Å². The first-order chi connectivity index (χ1) is 8.36. The molecule has 0 radical (unpaired) electrons. The van der Waals surface area contributed by atoms with Crippen LogP contribution in [-0.4, -0.2) is 26.2 Å². The van der Waals surface area contributed by atoms with Gasteiger partial charge in [0.15, 0.2) is 0 Å². The third kappa shape index (κ3) is 3.73. The molecule has 0 unspecified atom stereocenters. The third-order valence-electron chi connectivity index (χ3n) is 2.40. The van der Waals surface area contributed by atoms with Crippen molar-refractivity contribution in [3.63, 3.8) is 0 Å². The molecule has 0 atom stereocenters. The van der Waals surface area contributed by atoms with Crippen LogP contribution in [0, 0.1) is 6.92 Å². The second kappa shape index (κ2) is 5.86. The average molecular weight is 261 g/mol. The first-order valence-corrected chi connectivity index (χ1v) is 5.31. The number of aryl methyl sites for hydroxylation is 1. The fraction of sp³-hybridized carbons (Fsp3) is 0.417. The number of hydrogen-bond donors (Lipinski definition) is 1. The van der Waals surface area contributed by atoms with E-state index in [4.69, 9.17) is 4.74 Å². The molecule has 1 N–H and O–H groups in total. The lowest BCUT2D eigenvalue weighted by Gasteiger charge is -2.12. The Kier molecular flexibility index (Phi) is 4.72. The van der Waals surface area contributed by atoms with Crippen molar-refractivity contribution in [2.75, 3.05) is 20.3 Å². The average Bonchev–Trinajstić information content (AvgIpc) is 2.28. The fourth-order valence-corrected chi connectivity index (χ4v) is 1.44. The molecular formula is C12H14F3NO2. The summed E-state index contributed by atoms with van der Waals surface area (Å²) in [6.07, 6.45) is -4.45. The summed E-state index contributed by atoms with van der Waals surface area (Å²) >= 11 is 0. The topological polar surface area (TPSA) is 38.3 Å². The van der Waals surface area contributed by atoms with Crippen LogP contribution in [0.15, 0.2) is 18.2 Å². The molecule has 1 rings (SSSR count). The Hall–Kier alpha value is -1.56. The minimum atomic E-state index is -4.45. The number of halogens is 3. The van der Waals surface area contributed by atoms with E-state index in [0.717, 1.165) is 6.07 Å². The standard InChI is InChI=1S/C12H14F3NO2/c1-8-3-4-9(7-10(8)12(13,14)15)11(17)16-5-6-18-2/h3-4,7H,5-6H2,1-2H3,(H,16,17). The molecule has 1 aromatic rings. The number of methoxy groups -OCH3 is 1. The Morgan fingerprint density at radius 3 is 2.61 bits per heavy atom. The van der Waals surface area contributed by atoms with E-state index in [0.29, 0.717) is 6.61 Å². The highest BCUT2D eigenvalue weighted by molar-refractivity contribution is 5.94. The highest BCUT2D eigenvalue weighted by atomic mass is 19.4. The van der Waals surface area contributed by atoms with Crippen molar-refractivity contribution in [1.29, 1.82) is 0 Å². The minimum absolute atomic E-state index is 0.0102. The first kappa shape index (κ1) is 14.5. The molecule has 0 aliphatic heterocycles. The molecule has 0 spiro atoms. The van der Waals surface area contributed by atoms with Gasteiger partial charge in [0.25, 0.3) is 5.91 Å². The Morgan fingerprint density at radius 2 is 2.06 bits per heavy atom. The molecule has 0 aliphatic rings. The maximum absolute atomic E-state index is 12.6. The zero-order chi connectivity index (χ0) is 13.8. The molecule has 0 fully saturated rings. The zero-order valence-corrected chi connectivity index (χ0v) is 10.1. The highest BCUT2D eigenvalue weighted by Crippen LogP contribution is 2.32. The van der Waals surface area contributed by atoms with Crippen LogP contribution in [0.25, 0.3) is 0 Å². The van der Waals surface area contributed by atoms with Gasteiger partial charge in [-0.2, -0.15) is 13.2 Å². The van der Waals surface area contributed by atoms with Gasteiger partial charge in [0, 0.05) is 19.2 Å². The SMILES string of the molecule is COCCNC(=O)c1ccc(C)c(C(F)(F)F)c1. The Balaban J connectivity index is 2.88. The summed E-state index contributed by atoms with van der Waals surface area (Å²) in [4.78, 5) is 11.6. The van der Waals surface area contributed by atoms with Gasteiger partial charge >= 0.3 is 6.18 Å². The Bertz CT molecular complexity index is 430. The number of hydrogen-bond acceptors (Lipinski definition) is 2. The van der Waals surface area contributed by atoms with Crippen molar-refractivity contribution in [3.8, 4) is 0 Å². The molecule has 18 heavy (non-hydrogen) atoms. The number of benzene rings is 1. The number of alkyl halides is 3. The molecular weight excluding hydrogens is 247 g/mol. The molecule has 0 bridgehead atoms. The van der Waals surface area contributed by atoms with Crippen molar-refractivity contribution in [1.82, 2.24) is 5.32 Å². The number of amides is 1. The van der Waals surface area contributed by atoms with Crippen molar-refractivity contribution < 1.29 is 22.7 Å². The van der Waals surface area contributed by atoms with E-state index < -0.39 is 17.6 Å². The largest absolute Gasteiger partial charge is 0.416 e. The van der Waals surface area contributed by atoms with Gasteiger partial charge in [0.2, 0.25) is 0 Å². The summed E-state index contributed by atoms with van der Waals surface area (Å²) in [6.45, 7) is 1.92. The zero-order valence-electron chi connectivity index (χ0n) is 10.1. The van der Waals surface area contributed by atoms with Crippen LogP contribution < -0.4 is 5.32 Å². The number of carbonyl (C=O) groups excluding carboxylic acids is 1. The Labute approximate surface area is 103 Å². The number of rotatable bonds is 4. The molecule has 3 nitrogen and oxygen atoms in total. The van der Waals surface area contributed by atoms with Crippen molar-refractivity contribution in [2.45, 2.75) is 13.1 Å². The van der Waals surface area contributed by atoms with E-state index in [1.54, 1.807) is 0 Å². The van der Waals surface area contributed by atoms with Gasteiger partial charge in [0.1, 0.15) is 0 Å². The first-order valence-electron chi connectivity index (χ1n) is 5.31.